The van der Waals surface area contributed by atoms with E-state index in [1.807, 2.05) is 0 Å². The molecule has 10 nitrogen and oxygen atoms in total. The molecule has 2 aliphatic heterocycles. The lowest BCUT2D eigenvalue weighted by atomic mass is 9.82. The Kier molecular flexibility index (Phi) is 7.49. The van der Waals surface area contributed by atoms with Crippen LogP contribution in [0.4, 0.5) is 9.18 Å². The molecule has 1 aromatic rings. The highest BCUT2D eigenvalue weighted by Crippen LogP contribution is 2.47. The Morgan fingerprint density at radius 3 is 2.51 bits per heavy atom. The van der Waals surface area contributed by atoms with Crippen LogP contribution in [0.5, 0.6) is 0 Å². The number of rotatable bonds is 7. The molecule has 1 saturated heterocycles. The highest BCUT2D eigenvalue weighted by Gasteiger charge is 2.57. The molecule has 0 aliphatic carbocycles. The lowest BCUT2D eigenvalue weighted by molar-refractivity contribution is -0.175. The Bertz CT molecular complexity index is 1080. The van der Waals surface area contributed by atoms with Crippen molar-refractivity contribution in [2.45, 2.75) is 52.8 Å². The van der Waals surface area contributed by atoms with E-state index in [0.717, 1.165) is 0 Å². The zero-order valence-corrected chi connectivity index (χ0v) is 20.3. The fourth-order valence-electron chi connectivity index (χ4n) is 4.08. The number of benzene rings is 1. The maximum Gasteiger partial charge on any atom is 0.358 e. The molecule has 0 spiro atoms. The van der Waals surface area contributed by atoms with Crippen molar-refractivity contribution in [1.82, 2.24) is 15.5 Å². The number of aliphatic hydroxyl groups excluding tert-OH is 1. The average Bonchev–Trinajstić information content (AvgIpc) is 3.11. The molecule has 0 bridgehead atoms. The van der Waals surface area contributed by atoms with Crippen molar-refractivity contribution in [3.63, 3.8) is 0 Å². The van der Waals surface area contributed by atoms with Crippen LogP contribution in [0.25, 0.3) is 5.57 Å². The number of fused-ring (bicyclic) bond motifs is 1. The summed E-state index contributed by atoms with van der Waals surface area (Å²) in [4.78, 5) is 50.2. The molecule has 2 aliphatic rings. The smallest absolute Gasteiger partial charge is 0.358 e. The summed E-state index contributed by atoms with van der Waals surface area (Å²) in [5.41, 5.74) is 0.105. The van der Waals surface area contributed by atoms with Crippen molar-refractivity contribution >= 4 is 29.5 Å². The number of carbonyl (C=O) groups excluding carboxylic acids is 4. The molecular formula is C24H30FN3O7. The molecule has 1 fully saturated rings. The summed E-state index contributed by atoms with van der Waals surface area (Å²) < 4.78 is 24.9. The van der Waals surface area contributed by atoms with Gasteiger partial charge in [0.15, 0.2) is 0 Å². The van der Waals surface area contributed by atoms with Crippen LogP contribution in [0, 0.1) is 17.2 Å². The maximum atomic E-state index is 14.8. The molecule has 0 aromatic heterocycles. The monoisotopic (exact) mass is 491 g/mol. The molecule has 0 unspecified atom stereocenters. The van der Waals surface area contributed by atoms with Crippen molar-refractivity contribution in [1.29, 1.82) is 0 Å². The first-order chi connectivity index (χ1) is 16.4. The number of carbonyl (C=O) groups is 4. The van der Waals surface area contributed by atoms with Gasteiger partial charge in [-0.2, -0.15) is 0 Å². The third-order valence-electron chi connectivity index (χ3n) is 5.98. The summed E-state index contributed by atoms with van der Waals surface area (Å²) >= 11 is 0. The first-order valence-electron chi connectivity index (χ1n) is 11.2. The van der Waals surface area contributed by atoms with Crippen molar-refractivity contribution in [2.24, 2.45) is 11.3 Å². The van der Waals surface area contributed by atoms with E-state index in [1.165, 1.54) is 31.0 Å². The molecule has 190 valence electrons. The zero-order chi connectivity index (χ0) is 26.1. The van der Waals surface area contributed by atoms with Crippen LogP contribution in [-0.4, -0.2) is 59.9 Å². The Balaban J connectivity index is 1.86. The van der Waals surface area contributed by atoms with Gasteiger partial charge in [0.05, 0.1) is 23.5 Å². The van der Waals surface area contributed by atoms with Gasteiger partial charge in [-0.05, 0) is 51.3 Å². The Hall–Kier alpha value is -3.47. The van der Waals surface area contributed by atoms with Crippen LogP contribution in [0.2, 0.25) is 0 Å². The lowest BCUT2D eigenvalue weighted by Crippen LogP contribution is -2.61. The molecule has 0 radical (unpaired) electrons. The number of aliphatic hydroxyl groups is 1. The van der Waals surface area contributed by atoms with Crippen LogP contribution < -0.4 is 10.6 Å². The van der Waals surface area contributed by atoms with E-state index < -0.39 is 60.0 Å². The number of hydrogen-bond acceptors (Lipinski definition) is 7. The van der Waals surface area contributed by atoms with Gasteiger partial charge in [-0.1, -0.05) is 12.1 Å². The number of halogens is 1. The maximum absolute atomic E-state index is 14.8. The standard InChI is InChI=1S/C24H30FN3O7/c1-12(29)18-17-9-15(13-6-7-14(16(25)8-13)10-27-23(33)26-5)19(28(17)20(18)30)21(31)34-11-35-22(32)24(2,3)4/h6-8,12,17-18,29H,9-11H2,1-5H3,(H2,26,27,33)/t12-,17-,18-/m1/s1. The molecule has 3 amide bonds. The Morgan fingerprint density at radius 1 is 1.26 bits per heavy atom. The number of urea groups is 1. The van der Waals surface area contributed by atoms with Gasteiger partial charge in [-0.25, -0.2) is 14.0 Å². The number of ether oxygens (including phenoxy) is 2. The predicted octanol–water partition coefficient (Wildman–Crippen LogP) is 1.67. The second kappa shape index (κ2) is 10.0. The first kappa shape index (κ1) is 26.1. The minimum Gasteiger partial charge on any atom is -0.427 e. The van der Waals surface area contributed by atoms with Crippen molar-refractivity contribution in [2.75, 3.05) is 13.8 Å². The van der Waals surface area contributed by atoms with E-state index in [2.05, 4.69) is 10.6 Å². The fraction of sp³-hybridized carbons (Fsp3) is 0.500. The number of hydrogen-bond donors (Lipinski definition) is 3. The topological polar surface area (TPSA) is 134 Å². The van der Waals surface area contributed by atoms with Crippen LogP contribution in [0.15, 0.2) is 23.9 Å². The molecule has 3 N–H and O–H groups in total. The van der Waals surface area contributed by atoms with Gasteiger partial charge in [0.25, 0.3) is 0 Å². The van der Waals surface area contributed by atoms with Crippen LogP contribution in [-0.2, 0) is 30.4 Å². The number of amides is 3. The molecule has 11 heteroatoms. The summed E-state index contributed by atoms with van der Waals surface area (Å²) in [7, 11) is 1.44. The quantitative estimate of drug-likeness (QED) is 0.300. The van der Waals surface area contributed by atoms with Gasteiger partial charge >= 0.3 is 18.0 Å². The van der Waals surface area contributed by atoms with Crippen molar-refractivity contribution in [3.8, 4) is 0 Å². The lowest BCUT2D eigenvalue weighted by Gasteiger charge is -2.44. The third-order valence-corrected chi connectivity index (χ3v) is 5.98. The molecule has 1 aromatic carbocycles. The van der Waals surface area contributed by atoms with E-state index >= 15 is 0 Å². The summed E-state index contributed by atoms with van der Waals surface area (Å²) in [5, 5.41) is 14.9. The van der Waals surface area contributed by atoms with Crippen LogP contribution in [0.1, 0.15) is 45.2 Å². The number of β-lactam (4-membered cyclic amide) rings is 1. The minimum atomic E-state index is -0.928. The second-order valence-electron chi connectivity index (χ2n) is 9.54. The summed E-state index contributed by atoms with van der Waals surface area (Å²) in [5.74, 6) is -3.21. The van der Waals surface area contributed by atoms with E-state index in [-0.39, 0.29) is 24.2 Å². The van der Waals surface area contributed by atoms with Gasteiger partial charge in [0.2, 0.25) is 12.7 Å². The van der Waals surface area contributed by atoms with E-state index in [1.54, 1.807) is 26.8 Å². The van der Waals surface area contributed by atoms with Gasteiger partial charge in [0, 0.05) is 19.2 Å². The number of nitrogens with one attached hydrogen (secondary N) is 2. The summed E-state index contributed by atoms with van der Waals surface area (Å²) in [6.07, 6.45) is -0.717. The normalized spacial score (nSPS) is 20.1. The Morgan fingerprint density at radius 2 is 1.94 bits per heavy atom. The second-order valence-corrected chi connectivity index (χ2v) is 9.54. The van der Waals surface area contributed by atoms with Gasteiger partial charge in [0.1, 0.15) is 11.5 Å². The van der Waals surface area contributed by atoms with Gasteiger partial charge < -0.3 is 30.1 Å². The fourth-order valence-corrected chi connectivity index (χ4v) is 4.08. The Labute approximate surface area is 202 Å². The molecule has 0 saturated carbocycles. The van der Waals surface area contributed by atoms with Gasteiger partial charge in [-0.3, -0.25) is 9.59 Å². The van der Waals surface area contributed by atoms with Crippen molar-refractivity contribution < 1.29 is 38.1 Å². The van der Waals surface area contributed by atoms with Crippen LogP contribution >= 0.6 is 0 Å². The predicted molar refractivity (Wildman–Crippen MR) is 122 cm³/mol. The molecule has 3 atom stereocenters. The molecular weight excluding hydrogens is 461 g/mol. The summed E-state index contributed by atoms with van der Waals surface area (Å²) in [6, 6.07) is 3.34. The first-order valence-corrected chi connectivity index (χ1v) is 11.2. The molecule has 35 heavy (non-hydrogen) atoms. The van der Waals surface area contributed by atoms with E-state index in [9.17, 15) is 28.7 Å². The third kappa shape index (κ3) is 5.29. The summed E-state index contributed by atoms with van der Waals surface area (Å²) in [6.45, 7) is 5.76. The van der Waals surface area contributed by atoms with Gasteiger partial charge in [-0.15, -0.1) is 0 Å². The van der Waals surface area contributed by atoms with Crippen LogP contribution in [0.3, 0.4) is 0 Å². The van der Waals surface area contributed by atoms with E-state index in [0.29, 0.717) is 11.1 Å². The van der Waals surface area contributed by atoms with E-state index in [4.69, 9.17) is 9.47 Å². The number of esters is 2. The highest BCUT2D eigenvalue weighted by molar-refractivity contribution is 6.06. The highest BCUT2D eigenvalue weighted by atomic mass is 19.1. The molecule has 2 heterocycles. The minimum absolute atomic E-state index is 0.0454. The molecule has 3 rings (SSSR count). The average molecular weight is 492 g/mol. The number of nitrogens with zero attached hydrogens (tertiary/aromatic N) is 1. The SMILES string of the molecule is CNC(=O)NCc1ccc(C2=C(C(=O)OCOC(=O)C(C)(C)C)N3C(=O)[C@H]([C@@H](C)O)[C@H]3C2)cc1F. The van der Waals surface area contributed by atoms with Crippen molar-refractivity contribution in [3.05, 3.63) is 40.8 Å². The largest absolute Gasteiger partial charge is 0.427 e. The zero-order valence-electron chi connectivity index (χ0n) is 20.3.